The molecule has 0 spiro atoms. The molecule has 5 heteroatoms. The monoisotopic (exact) mass is 262 g/mol. The highest BCUT2D eigenvalue weighted by Crippen LogP contribution is 2.22. The summed E-state index contributed by atoms with van der Waals surface area (Å²) in [5, 5.41) is 9.25. The molecule has 4 N–H and O–H groups in total. The van der Waals surface area contributed by atoms with E-state index in [0.717, 1.165) is 35.5 Å². The van der Waals surface area contributed by atoms with Gasteiger partial charge in [-0.15, -0.1) is 0 Å². The molecule has 104 valence electrons. The van der Waals surface area contributed by atoms with Crippen LogP contribution in [-0.2, 0) is 0 Å². The number of hydrogen-bond donors (Lipinski definition) is 3. The molecule has 0 atom stereocenters. The van der Waals surface area contributed by atoms with Crippen molar-refractivity contribution in [2.24, 2.45) is 0 Å². The topological polar surface area (TPSA) is 78.2 Å². The molecule has 1 aromatic heterocycles. The van der Waals surface area contributed by atoms with Crippen molar-refractivity contribution in [2.75, 3.05) is 23.8 Å². The van der Waals surface area contributed by atoms with E-state index in [0.29, 0.717) is 12.6 Å². The van der Waals surface area contributed by atoms with Crippen LogP contribution in [0, 0.1) is 0 Å². The Morgan fingerprint density at radius 3 is 2.74 bits per heavy atom. The van der Waals surface area contributed by atoms with Crippen molar-refractivity contribution in [3.05, 3.63) is 18.2 Å². The van der Waals surface area contributed by atoms with E-state index in [9.17, 15) is 5.11 Å². The molecule has 5 nitrogen and oxygen atoms in total. The Balaban J connectivity index is 2.38. The lowest BCUT2D eigenvalue weighted by Gasteiger charge is -2.29. The van der Waals surface area contributed by atoms with Crippen LogP contribution in [0.3, 0.4) is 0 Å². The van der Waals surface area contributed by atoms with Crippen LogP contribution in [0.25, 0.3) is 11.0 Å². The predicted molar refractivity (Wildman–Crippen MR) is 79.3 cm³/mol. The third kappa shape index (κ3) is 2.81. The predicted octanol–water partition coefficient (Wildman–Crippen LogP) is 2.13. The van der Waals surface area contributed by atoms with Gasteiger partial charge in [0.05, 0.1) is 17.6 Å². The molecule has 0 saturated heterocycles. The van der Waals surface area contributed by atoms with E-state index in [1.807, 2.05) is 18.2 Å². The lowest BCUT2D eigenvalue weighted by Crippen LogP contribution is -2.37. The molecule has 2 rings (SSSR count). The van der Waals surface area contributed by atoms with Crippen LogP contribution >= 0.6 is 0 Å². The SMILES string of the molecule is CCC(CC)N(CCO)c1nc2ccc(N)cc2[nH]1. The molecule has 0 saturated carbocycles. The Morgan fingerprint density at radius 1 is 1.37 bits per heavy atom. The first-order chi connectivity index (χ1) is 9.19. The first kappa shape index (κ1) is 13.7. The number of H-pyrrole nitrogens is 1. The summed E-state index contributed by atoms with van der Waals surface area (Å²) in [6.07, 6.45) is 2.05. The number of aromatic nitrogens is 2. The Bertz CT molecular complexity index is 533. The van der Waals surface area contributed by atoms with Crippen molar-refractivity contribution in [1.82, 2.24) is 9.97 Å². The molecule has 0 unspecified atom stereocenters. The lowest BCUT2D eigenvalue weighted by molar-refractivity contribution is 0.295. The van der Waals surface area contributed by atoms with Gasteiger partial charge in [0.1, 0.15) is 0 Å². The Morgan fingerprint density at radius 2 is 2.11 bits per heavy atom. The van der Waals surface area contributed by atoms with Gasteiger partial charge < -0.3 is 20.7 Å². The number of nitrogens with one attached hydrogen (secondary N) is 1. The molecule has 1 heterocycles. The number of aromatic amines is 1. The fourth-order valence-electron chi connectivity index (χ4n) is 2.45. The van der Waals surface area contributed by atoms with E-state index in [2.05, 4.69) is 28.7 Å². The summed E-state index contributed by atoms with van der Waals surface area (Å²) in [5.74, 6) is 0.809. The largest absolute Gasteiger partial charge is 0.399 e. The highest BCUT2D eigenvalue weighted by Gasteiger charge is 2.18. The smallest absolute Gasteiger partial charge is 0.204 e. The van der Waals surface area contributed by atoms with Crippen molar-refractivity contribution in [1.29, 1.82) is 0 Å². The van der Waals surface area contributed by atoms with Gasteiger partial charge >= 0.3 is 0 Å². The first-order valence-electron chi connectivity index (χ1n) is 6.82. The van der Waals surface area contributed by atoms with E-state index < -0.39 is 0 Å². The Labute approximate surface area is 113 Å². The van der Waals surface area contributed by atoms with Crippen molar-refractivity contribution in [2.45, 2.75) is 32.7 Å². The molecule has 0 amide bonds. The van der Waals surface area contributed by atoms with E-state index in [-0.39, 0.29) is 6.61 Å². The number of fused-ring (bicyclic) bond motifs is 1. The standard InChI is InChI=1S/C14H22N4O/c1-3-11(4-2)18(7-8-19)14-16-12-6-5-10(15)9-13(12)17-14/h5-6,9,11,19H,3-4,7-8,15H2,1-2H3,(H,16,17). The highest BCUT2D eigenvalue weighted by molar-refractivity contribution is 5.80. The molecule has 0 fully saturated rings. The number of benzene rings is 1. The van der Waals surface area contributed by atoms with E-state index in [1.54, 1.807) is 0 Å². The summed E-state index contributed by atoms with van der Waals surface area (Å²) >= 11 is 0. The summed E-state index contributed by atoms with van der Waals surface area (Å²) < 4.78 is 0. The van der Waals surface area contributed by atoms with Crippen LogP contribution in [0.5, 0.6) is 0 Å². The maximum Gasteiger partial charge on any atom is 0.204 e. The summed E-state index contributed by atoms with van der Waals surface area (Å²) in [5.41, 5.74) is 8.34. The van der Waals surface area contributed by atoms with E-state index in [1.165, 1.54) is 0 Å². The molecule has 2 aromatic rings. The van der Waals surface area contributed by atoms with Crippen LogP contribution in [0.2, 0.25) is 0 Å². The number of nitrogens with two attached hydrogens (primary N) is 1. The maximum atomic E-state index is 9.25. The number of rotatable bonds is 6. The third-order valence-corrected chi connectivity index (χ3v) is 3.49. The van der Waals surface area contributed by atoms with Crippen LogP contribution in [0.4, 0.5) is 11.6 Å². The first-order valence-corrected chi connectivity index (χ1v) is 6.82. The highest BCUT2D eigenvalue weighted by atomic mass is 16.3. The van der Waals surface area contributed by atoms with Gasteiger partial charge in [-0.05, 0) is 31.0 Å². The minimum Gasteiger partial charge on any atom is -0.399 e. The van der Waals surface area contributed by atoms with E-state index >= 15 is 0 Å². The Kier molecular flexibility index (Phi) is 4.27. The zero-order valence-electron chi connectivity index (χ0n) is 11.6. The summed E-state index contributed by atoms with van der Waals surface area (Å²) in [6, 6.07) is 6.02. The van der Waals surface area contributed by atoms with Crippen molar-refractivity contribution in [3.8, 4) is 0 Å². The van der Waals surface area contributed by atoms with Crippen LogP contribution in [-0.4, -0.2) is 34.3 Å². The fraction of sp³-hybridized carbons (Fsp3) is 0.500. The molecular formula is C14H22N4O. The molecule has 1 aromatic carbocycles. The number of nitrogens with zero attached hydrogens (tertiary/aromatic N) is 2. The lowest BCUT2D eigenvalue weighted by atomic mass is 10.1. The molecular weight excluding hydrogens is 240 g/mol. The second kappa shape index (κ2) is 5.93. The maximum absolute atomic E-state index is 9.25. The molecule has 0 radical (unpaired) electrons. The van der Waals surface area contributed by atoms with Gasteiger partial charge in [-0.3, -0.25) is 0 Å². The van der Waals surface area contributed by atoms with Crippen LogP contribution in [0.15, 0.2) is 18.2 Å². The number of aliphatic hydroxyl groups is 1. The van der Waals surface area contributed by atoms with Gasteiger partial charge in [0.25, 0.3) is 0 Å². The van der Waals surface area contributed by atoms with Gasteiger partial charge in [-0.2, -0.15) is 0 Å². The average Bonchev–Trinajstić information content (AvgIpc) is 2.81. The van der Waals surface area contributed by atoms with Gasteiger partial charge in [-0.25, -0.2) is 4.98 Å². The fourth-order valence-corrected chi connectivity index (χ4v) is 2.45. The van der Waals surface area contributed by atoms with Crippen LogP contribution < -0.4 is 10.6 Å². The number of nitrogen functional groups attached to an aromatic ring is 1. The molecule has 0 aliphatic rings. The zero-order valence-corrected chi connectivity index (χ0v) is 11.6. The Hall–Kier alpha value is -1.75. The number of imidazole rings is 1. The number of aliphatic hydroxyl groups excluding tert-OH is 1. The normalized spacial score (nSPS) is 11.4. The second-order valence-electron chi connectivity index (χ2n) is 4.72. The zero-order chi connectivity index (χ0) is 13.8. The second-order valence-corrected chi connectivity index (χ2v) is 4.72. The average molecular weight is 262 g/mol. The van der Waals surface area contributed by atoms with Gasteiger partial charge in [0.2, 0.25) is 5.95 Å². The van der Waals surface area contributed by atoms with Crippen molar-refractivity contribution >= 4 is 22.7 Å². The molecule has 0 aliphatic carbocycles. The minimum absolute atomic E-state index is 0.121. The summed E-state index contributed by atoms with van der Waals surface area (Å²) in [7, 11) is 0. The summed E-state index contributed by atoms with van der Waals surface area (Å²) in [6.45, 7) is 5.01. The van der Waals surface area contributed by atoms with Gasteiger partial charge in [0, 0.05) is 18.3 Å². The van der Waals surface area contributed by atoms with Gasteiger partial charge in [-0.1, -0.05) is 13.8 Å². The van der Waals surface area contributed by atoms with Gasteiger partial charge in [0.15, 0.2) is 0 Å². The molecule has 0 aliphatic heterocycles. The molecule has 19 heavy (non-hydrogen) atoms. The number of anilines is 2. The quantitative estimate of drug-likeness (QED) is 0.697. The van der Waals surface area contributed by atoms with Crippen molar-refractivity contribution in [3.63, 3.8) is 0 Å². The van der Waals surface area contributed by atoms with Crippen molar-refractivity contribution < 1.29 is 5.11 Å². The minimum atomic E-state index is 0.121. The third-order valence-electron chi connectivity index (χ3n) is 3.49. The summed E-state index contributed by atoms with van der Waals surface area (Å²) in [4.78, 5) is 10.0. The number of hydrogen-bond acceptors (Lipinski definition) is 4. The van der Waals surface area contributed by atoms with Crippen LogP contribution in [0.1, 0.15) is 26.7 Å². The molecule has 0 bridgehead atoms. The van der Waals surface area contributed by atoms with E-state index in [4.69, 9.17) is 5.73 Å².